The molecule has 3 saturated carbocycles. The topological polar surface area (TPSA) is 422 Å². The van der Waals surface area contributed by atoms with Crippen molar-refractivity contribution in [1.29, 1.82) is 0 Å². The third-order valence-corrected chi connectivity index (χ3v) is 20.9. The number of fused-ring (bicyclic) bond motifs is 5. The predicted molar refractivity (Wildman–Crippen MR) is 283 cm³/mol. The average molecular weight is 1250 g/mol. The van der Waals surface area contributed by atoms with Crippen LogP contribution in [-0.4, -0.2) is 257 Å². The Hall–Kier alpha value is -0.570. The van der Waals surface area contributed by atoms with Crippen LogP contribution in [0.4, 0.5) is 0 Å². The Bertz CT molecular complexity index is 2420. The Morgan fingerprint density at radius 3 is 1.72 bits per heavy atom. The molecule has 34 atom stereocenters. The molecular weight excluding hydrogens is 1160 g/mol. The first-order valence-corrected chi connectivity index (χ1v) is 30.9. The molecule has 13 N–H and O–H groups in total. The molecule has 27 unspecified atom stereocenters. The average Bonchev–Trinajstić information content (AvgIpc) is 1.73. The van der Waals surface area contributed by atoms with Crippen LogP contribution in [0.3, 0.4) is 0 Å². The molecule has 8 fully saturated rings. The fraction of sp³-hybridized carbons (Fsp3) is 0.929. The Labute approximate surface area is 517 Å². The molecule has 484 valence electrons. The maximum absolute atomic E-state index is 12.4. The summed E-state index contributed by atoms with van der Waals surface area (Å²) in [4.78, 5) is 0. The number of allylic oxidation sites excluding steroid dienone is 3. The standard InChI is InChI=1S/C56H92O27S.Na/c1-21(2)10-13-34(57)56(9,69)33-12-11-28-27-19-31(30-18-26(83-84(70,71)72)14-16-54(30,7)29(27)15-17-55(28,33)8)78-51-45(68)46(38(61)25(6)76-51)80-52-47(81-49-43(66)40(63)35(58)22(3)74-49)39(62)32(20-73-52)79-53-48(42(65)37(60)24(5)77-53)82-50-44(67)41(64)36(59)23(4)75-50;/h10,15,22-28,30-53,57-69H,11-14,16-20H2,1-9H3,(H,70,71,72);/q;+1/p-1/t22?,23?,24?,25?,26-,27?,28?,30?,31-,32?,33-,34-,35?,36?,37?,38?,39?,40?,41?,42?,43?,44?,45?,46?,47?,48?,49?,50?,51?,52?,53?,54+,55-,56+;/m0./s1. The summed E-state index contributed by atoms with van der Waals surface area (Å²) < 4.78 is 102. The van der Waals surface area contributed by atoms with E-state index >= 15 is 0 Å². The van der Waals surface area contributed by atoms with Gasteiger partial charge in [-0.15, -0.1) is 0 Å². The third-order valence-electron chi connectivity index (χ3n) is 20.4. The van der Waals surface area contributed by atoms with Crippen molar-refractivity contribution in [2.24, 2.45) is 34.5 Å². The molecule has 29 heteroatoms. The van der Waals surface area contributed by atoms with Crippen LogP contribution in [0.1, 0.15) is 114 Å². The van der Waals surface area contributed by atoms with Gasteiger partial charge in [-0.05, 0) is 134 Å². The van der Waals surface area contributed by atoms with Crippen molar-refractivity contribution in [1.82, 2.24) is 0 Å². The van der Waals surface area contributed by atoms with E-state index in [0.717, 1.165) is 11.1 Å². The van der Waals surface area contributed by atoms with Crippen LogP contribution in [0.5, 0.6) is 0 Å². The van der Waals surface area contributed by atoms with E-state index in [1.807, 2.05) is 19.9 Å². The van der Waals surface area contributed by atoms with Gasteiger partial charge >= 0.3 is 29.6 Å². The van der Waals surface area contributed by atoms with Crippen LogP contribution >= 0.6 is 0 Å². The molecule has 4 aliphatic carbocycles. The summed E-state index contributed by atoms with van der Waals surface area (Å²) >= 11 is 0. The number of hydrogen-bond donors (Lipinski definition) is 13. The Balaban J connectivity index is 0.00000940. The van der Waals surface area contributed by atoms with Crippen molar-refractivity contribution in [3.8, 4) is 0 Å². The molecule has 0 bridgehead atoms. The van der Waals surface area contributed by atoms with Gasteiger partial charge in [-0.1, -0.05) is 37.1 Å². The van der Waals surface area contributed by atoms with Crippen molar-refractivity contribution in [3.63, 3.8) is 0 Å². The van der Waals surface area contributed by atoms with Crippen LogP contribution in [0.15, 0.2) is 23.3 Å². The van der Waals surface area contributed by atoms with Crippen LogP contribution in [0.2, 0.25) is 0 Å². The summed E-state index contributed by atoms with van der Waals surface area (Å²) in [5.41, 5.74) is -0.454. The fourth-order valence-electron chi connectivity index (χ4n) is 15.4. The minimum absolute atomic E-state index is 0. The van der Waals surface area contributed by atoms with Gasteiger partial charge in [0.25, 0.3) is 0 Å². The summed E-state index contributed by atoms with van der Waals surface area (Å²) in [7, 11) is -5.12. The maximum atomic E-state index is 12.4. The number of hydrogen-bond acceptors (Lipinski definition) is 27. The van der Waals surface area contributed by atoms with Gasteiger partial charge in [-0.2, -0.15) is 0 Å². The van der Waals surface area contributed by atoms with Gasteiger partial charge in [-0.3, -0.25) is 4.18 Å². The van der Waals surface area contributed by atoms with Crippen LogP contribution in [0.25, 0.3) is 0 Å². The Morgan fingerprint density at radius 2 is 1.15 bits per heavy atom. The zero-order valence-corrected chi connectivity index (χ0v) is 52.7. The first kappa shape index (κ1) is 70.3. The molecule has 9 aliphatic rings. The van der Waals surface area contributed by atoms with Gasteiger partial charge in [0, 0.05) is 0 Å². The van der Waals surface area contributed by atoms with E-state index in [1.54, 1.807) is 6.92 Å². The summed E-state index contributed by atoms with van der Waals surface area (Å²) in [6.45, 7) is 14.8. The van der Waals surface area contributed by atoms with Crippen LogP contribution in [-0.2, 0) is 62.0 Å². The van der Waals surface area contributed by atoms with Crippen molar-refractivity contribution >= 4 is 10.4 Å². The van der Waals surface area contributed by atoms with Crippen LogP contribution in [0, 0.1) is 34.5 Å². The number of aliphatic hydroxyl groups excluding tert-OH is 12. The molecular formula is C56H91NaO27S. The summed E-state index contributed by atoms with van der Waals surface area (Å²) in [5, 5.41) is 147. The number of ether oxygens (including phenoxy) is 10. The molecule has 85 heavy (non-hydrogen) atoms. The second-order valence-electron chi connectivity index (χ2n) is 26.2. The zero-order valence-electron chi connectivity index (χ0n) is 49.9. The monoisotopic (exact) mass is 1250 g/mol. The van der Waals surface area contributed by atoms with Gasteiger partial charge in [-0.25, -0.2) is 8.42 Å². The minimum Gasteiger partial charge on any atom is -0.726 e. The maximum Gasteiger partial charge on any atom is 1.00 e. The van der Waals surface area contributed by atoms with E-state index in [1.165, 1.54) is 27.7 Å². The molecule has 0 aromatic rings. The van der Waals surface area contributed by atoms with Crippen LogP contribution < -0.4 is 29.6 Å². The van der Waals surface area contributed by atoms with Crippen molar-refractivity contribution in [2.45, 2.75) is 285 Å². The quantitative estimate of drug-likeness (QED) is 0.0297. The first-order chi connectivity index (χ1) is 39.2. The smallest absolute Gasteiger partial charge is 0.726 e. The number of rotatable bonds is 16. The van der Waals surface area contributed by atoms with Gasteiger partial charge in [0.2, 0.25) is 10.4 Å². The second-order valence-corrected chi connectivity index (χ2v) is 27.2. The second kappa shape index (κ2) is 27.2. The van der Waals surface area contributed by atoms with Crippen molar-refractivity contribution in [2.75, 3.05) is 6.61 Å². The van der Waals surface area contributed by atoms with Gasteiger partial charge in [0.05, 0.1) is 54.9 Å². The molecule has 5 heterocycles. The summed E-state index contributed by atoms with van der Waals surface area (Å²) in [6, 6.07) is 0. The minimum atomic E-state index is -5.12. The summed E-state index contributed by atoms with van der Waals surface area (Å²) in [6.07, 6.45) is -34.9. The van der Waals surface area contributed by atoms with Crippen molar-refractivity contribution < 1.29 is 160 Å². The molecule has 0 aromatic heterocycles. The predicted octanol–water partition coefficient (Wildman–Crippen LogP) is -5.28. The zero-order chi connectivity index (χ0) is 61.6. The molecule has 0 amide bonds. The van der Waals surface area contributed by atoms with Gasteiger partial charge < -0.3 is 118 Å². The van der Waals surface area contributed by atoms with E-state index in [4.69, 9.17) is 51.6 Å². The van der Waals surface area contributed by atoms with E-state index in [-0.39, 0.29) is 66.6 Å². The van der Waals surface area contributed by atoms with E-state index in [2.05, 4.69) is 19.9 Å². The first-order valence-electron chi connectivity index (χ1n) is 29.6. The van der Waals surface area contributed by atoms with E-state index < -0.39 is 205 Å². The number of aliphatic hydroxyl groups is 13. The SMILES string of the molecule is CC(C)=CC[C@H](O)[C@](C)(O)[C@H]1CCC2C3C[C@H](OC4OC(C)C(O)C(OC5OCC(OC6OC(C)C(O)C(O)C6OC6OC(C)C(O)C(O)C6O)C(O)C5OC5OC(C)C(O)C(O)C5O)C4O)C4C[C@@H](OS(=O)(=O)[O-])CC[C@]4(C)C3=CC[C@@]21C.[Na+]. The normalized spacial score (nSPS) is 51.4. The summed E-state index contributed by atoms with van der Waals surface area (Å²) in [5.74, 6) is -1.01. The molecule has 0 aromatic carbocycles. The van der Waals surface area contributed by atoms with Gasteiger partial charge in [0.1, 0.15) is 91.6 Å². The molecule has 5 saturated heterocycles. The Kier molecular flexibility index (Phi) is 22.5. The molecule has 9 rings (SSSR count). The fourth-order valence-corrected chi connectivity index (χ4v) is 15.9. The Morgan fingerprint density at radius 1 is 0.647 bits per heavy atom. The largest absolute Gasteiger partial charge is 1.00 e. The molecule has 0 spiro atoms. The van der Waals surface area contributed by atoms with E-state index in [0.29, 0.717) is 32.1 Å². The molecule has 5 aliphatic heterocycles. The van der Waals surface area contributed by atoms with Gasteiger partial charge in [0.15, 0.2) is 31.5 Å². The van der Waals surface area contributed by atoms with E-state index in [9.17, 15) is 79.4 Å². The third kappa shape index (κ3) is 13.9. The molecule has 0 radical (unpaired) electrons. The molecule has 27 nitrogen and oxygen atoms in total. The van der Waals surface area contributed by atoms with Crippen molar-refractivity contribution in [3.05, 3.63) is 23.3 Å².